The number of amides is 1. The van der Waals surface area contributed by atoms with Crippen LogP contribution in [-0.4, -0.2) is 63.3 Å². The van der Waals surface area contributed by atoms with E-state index in [0.717, 1.165) is 29.4 Å². The molecule has 0 unspecified atom stereocenters. The molecule has 0 aromatic carbocycles. The lowest BCUT2D eigenvalue weighted by Gasteiger charge is -2.40. The molecule has 28 heavy (non-hydrogen) atoms. The molecule has 0 aliphatic carbocycles. The molecule has 144 valence electrons. The van der Waals surface area contributed by atoms with Crippen molar-refractivity contribution in [2.75, 3.05) is 36.6 Å². The summed E-state index contributed by atoms with van der Waals surface area (Å²) in [4.78, 5) is 34.4. The Bertz CT molecular complexity index is 997. The van der Waals surface area contributed by atoms with E-state index < -0.39 is 0 Å². The lowest BCUT2D eigenvalue weighted by molar-refractivity contribution is -0.117. The van der Waals surface area contributed by atoms with Crippen molar-refractivity contribution in [2.45, 2.75) is 18.9 Å². The standard InChI is InChI=1S/C18H19N7O2S/c1-23-13-10-21-18(24-6-4-19-16(24)17-20-5-9-28-17)22-15(13)25(11-14(23)26)12-2-7-27-8-3-12/h4-6,9-10,12H,2-3,7-8,11H2,1H3. The fourth-order valence-electron chi connectivity index (χ4n) is 3.64. The van der Waals surface area contributed by atoms with Crippen LogP contribution in [0.4, 0.5) is 11.5 Å². The first-order valence-corrected chi connectivity index (χ1v) is 10.0. The molecule has 2 aliphatic rings. The summed E-state index contributed by atoms with van der Waals surface area (Å²) in [6.07, 6.45) is 8.77. The molecule has 0 radical (unpaired) electrons. The van der Waals surface area contributed by atoms with E-state index >= 15 is 0 Å². The number of hydrogen-bond donors (Lipinski definition) is 0. The van der Waals surface area contributed by atoms with Crippen LogP contribution in [0, 0.1) is 0 Å². The number of carbonyl (C=O) groups excluding carboxylic acids is 1. The zero-order valence-electron chi connectivity index (χ0n) is 15.4. The first kappa shape index (κ1) is 17.3. The van der Waals surface area contributed by atoms with Gasteiger partial charge < -0.3 is 14.5 Å². The largest absolute Gasteiger partial charge is 0.381 e. The van der Waals surface area contributed by atoms with Crippen molar-refractivity contribution in [1.29, 1.82) is 0 Å². The summed E-state index contributed by atoms with van der Waals surface area (Å²) < 4.78 is 7.32. The maximum atomic E-state index is 12.5. The Morgan fingerprint density at radius 2 is 2.04 bits per heavy atom. The van der Waals surface area contributed by atoms with Gasteiger partial charge in [-0.15, -0.1) is 11.3 Å². The fraction of sp³-hybridized carbons (Fsp3) is 0.389. The summed E-state index contributed by atoms with van der Waals surface area (Å²) in [7, 11) is 1.77. The SMILES string of the molecule is CN1C(=O)CN(C2CCOCC2)c2nc(-n3ccnc3-c3nccs3)ncc21. The number of fused-ring (bicyclic) bond motifs is 1. The highest BCUT2D eigenvalue weighted by atomic mass is 32.1. The number of nitrogens with zero attached hydrogens (tertiary/aromatic N) is 7. The average molecular weight is 397 g/mol. The van der Waals surface area contributed by atoms with E-state index in [-0.39, 0.29) is 11.9 Å². The molecule has 9 nitrogen and oxygen atoms in total. The summed E-state index contributed by atoms with van der Waals surface area (Å²) >= 11 is 1.52. The summed E-state index contributed by atoms with van der Waals surface area (Å²) in [6.45, 7) is 1.72. The minimum absolute atomic E-state index is 0.0430. The highest BCUT2D eigenvalue weighted by Gasteiger charge is 2.34. The Kier molecular flexibility index (Phi) is 4.29. The molecule has 0 bridgehead atoms. The second-order valence-electron chi connectivity index (χ2n) is 6.76. The predicted molar refractivity (Wildman–Crippen MR) is 105 cm³/mol. The van der Waals surface area contributed by atoms with Crippen LogP contribution in [-0.2, 0) is 9.53 Å². The van der Waals surface area contributed by atoms with Gasteiger partial charge in [0.25, 0.3) is 0 Å². The quantitative estimate of drug-likeness (QED) is 0.665. The second kappa shape index (κ2) is 6.95. The van der Waals surface area contributed by atoms with Gasteiger partial charge in [0.05, 0.1) is 12.7 Å². The first-order chi connectivity index (χ1) is 13.7. The third-order valence-electron chi connectivity index (χ3n) is 5.16. The van der Waals surface area contributed by atoms with Crippen LogP contribution >= 0.6 is 11.3 Å². The summed E-state index contributed by atoms with van der Waals surface area (Å²) in [5, 5.41) is 2.72. The second-order valence-corrected chi connectivity index (χ2v) is 7.66. The Labute approximate surface area is 165 Å². The Morgan fingerprint density at radius 1 is 1.18 bits per heavy atom. The minimum Gasteiger partial charge on any atom is -0.381 e. The van der Waals surface area contributed by atoms with E-state index in [2.05, 4.69) is 19.9 Å². The number of aromatic nitrogens is 5. The number of imidazole rings is 1. The van der Waals surface area contributed by atoms with Crippen LogP contribution in [0.3, 0.4) is 0 Å². The molecule has 3 aromatic rings. The molecular weight excluding hydrogens is 378 g/mol. The van der Waals surface area contributed by atoms with Crippen molar-refractivity contribution in [2.24, 2.45) is 0 Å². The van der Waals surface area contributed by atoms with E-state index in [9.17, 15) is 4.79 Å². The van der Waals surface area contributed by atoms with Gasteiger partial charge >= 0.3 is 0 Å². The number of likely N-dealkylation sites (N-methyl/N-ethyl adjacent to an activating group) is 1. The Hall–Kier alpha value is -2.85. The van der Waals surface area contributed by atoms with E-state index in [0.29, 0.717) is 31.5 Å². The molecule has 1 saturated heterocycles. The monoisotopic (exact) mass is 397 g/mol. The van der Waals surface area contributed by atoms with E-state index in [1.54, 1.807) is 30.5 Å². The van der Waals surface area contributed by atoms with Gasteiger partial charge in [0.2, 0.25) is 11.9 Å². The van der Waals surface area contributed by atoms with Gasteiger partial charge in [0.1, 0.15) is 5.69 Å². The van der Waals surface area contributed by atoms with Gasteiger partial charge in [-0.05, 0) is 12.8 Å². The fourth-order valence-corrected chi connectivity index (χ4v) is 4.27. The van der Waals surface area contributed by atoms with Crippen molar-refractivity contribution < 1.29 is 9.53 Å². The van der Waals surface area contributed by atoms with Crippen molar-refractivity contribution >= 4 is 28.7 Å². The number of rotatable bonds is 3. The van der Waals surface area contributed by atoms with Gasteiger partial charge in [0, 0.05) is 50.3 Å². The van der Waals surface area contributed by atoms with Crippen LogP contribution < -0.4 is 9.80 Å². The van der Waals surface area contributed by atoms with Crippen LogP contribution in [0.1, 0.15) is 12.8 Å². The Balaban J connectivity index is 1.59. The molecule has 10 heteroatoms. The highest BCUT2D eigenvalue weighted by Crippen LogP contribution is 2.34. The van der Waals surface area contributed by atoms with Crippen molar-refractivity contribution in [3.8, 4) is 16.8 Å². The number of carbonyl (C=O) groups is 1. The zero-order valence-corrected chi connectivity index (χ0v) is 16.2. The summed E-state index contributed by atoms with van der Waals surface area (Å²) in [5.41, 5.74) is 0.724. The van der Waals surface area contributed by atoms with Crippen LogP contribution in [0.25, 0.3) is 16.8 Å². The van der Waals surface area contributed by atoms with E-state index in [4.69, 9.17) is 9.72 Å². The lowest BCUT2D eigenvalue weighted by Crippen LogP contribution is -2.50. The highest BCUT2D eigenvalue weighted by molar-refractivity contribution is 7.13. The molecule has 1 amide bonds. The summed E-state index contributed by atoms with van der Waals surface area (Å²) in [5.74, 6) is 2.04. The van der Waals surface area contributed by atoms with Gasteiger partial charge in [-0.2, -0.15) is 4.98 Å². The Morgan fingerprint density at radius 3 is 2.82 bits per heavy atom. The van der Waals surface area contributed by atoms with Crippen molar-refractivity contribution in [3.05, 3.63) is 30.2 Å². The van der Waals surface area contributed by atoms with Gasteiger partial charge in [-0.1, -0.05) is 0 Å². The van der Waals surface area contributed by atoms with Gasteiger partial charge in [-0.3, -0.25) is 9.36 Å². The summed E-state index contributed by atoms with van der Waals surface area (Å²) in [6, 6.07) is 0.231. The third kappa shape index (κ3) is 2.85. The number of ether oxygens (including phenoxy) is 1. The van der Waals surface area contributed by atoms with Gasteiger partial charge in [0.15, 0.2) is 16.6 Å². The first-order valence-electron chi connectivity index (χ1n) is 9.14. The number of hydrogen-bond acceptors (Lipinski definition) is 8. The normalized spacial score (nSPS) is 17.8. The smallest absolute Gasteiger partial charge is 0.246 e. The molecule has 2 aliphatic heterocycles. The molecule has 1 fully saturated rings. The van der Waals surface area contributed by atoms with Crippen molar-refractivity contribution in [3.63, 3.8) is 0 Å². The maximum absolute atomic E-state index is 12.5. The lowest BCUT2D eigenvalue weighted by atomic mass is 10.1. The molecule has 5 heterocycles. The number of thiazole rings is 1. The van der Waals surface area contributed by atoms with E-state index in [1.807, 2.05) is 16.1 Å². The molecular formula is C18H19N7O2S. The van der Waals surface area contributed by atoms with E-state index in [1.165, 1.54) is 11.3 Å². The average Bonchev–Trinajstić information content (AvgIpc) is 3.42. The number of anilines is 2. The minimum atomic E-state index is 0.0430. The molecule has 5 rings (SSSR count). The molecule has 0 atom stereocenters. The van der Waals surface area contributed by atoms with Crippen molar-refractivity contribution in [1.82, 2.24) is 24.5 Å². The topological polar surface area (TPSA) is 89.3 Å². The van der Waals surface area contributed by atoms with Gasteiger partial charge in [-0.25, -0.2) is 15.0 Å². The maximum Gasteiger partial charge on any atom is 0.246 e. The predicted octanol–water partition coefficient (Wildman–Crippen LogP) is 1.75. The van der Waals surface area contributed by atoms with Crippen LogP contribution in [0.5, 0.6) is 0 Å². The van der Waals surface area contributed by atoms with Crippen LogP contribution in [0.15, 0.2) is 30.2 Å². The third-order valence-corrected chi connectivity index (χ3v) is 5.93. The molecule has 3 aromatic heterocycles. The molecule has 0 spiro atoms. The molecule has 0 saturated carbocycles. The van der Waals surface area contributed by atoms with Crippen LogP contribution in [0.2, 0.25) is 0 Å². The molecule has 0 N–H and O–H groups in total. The zero-order chi connectivity index (χ0) is 19.1.